The average Bonchev–Trinajstić information content (AvgIpc) is 2.62. The minimum absolute atomic E-state index is 0.527. The van der Waals surface area contributed by atoms with Gasteiger partial charge >= 0.3 is 144 Å². The van der Waals surface area contributed by atoms with E-state index in [0.29, 0.717) is 15.0 Å². The van der Waals surface area contributed by atoms with Gasteiger partial charge in [0.05, 0.1) is 0 Å². The van der Waals surface area contributed by atoms with E-state index in [9.17, 15) is 0 Å². The molecular formula is C18H22O4Se. The van der Waals surface area contributed by atoms with Gasteiger partial charge in [0.2, 0.25) is 0 Å². The van der Waals surface area contributed by atoms with Gasteiger partial charge in [-0.1, -0.05) is 0 Å². The van der Waals surface area contributed by atoms with Crippen LogP contribution in [0.25, 0.3) is 0 Å². The van der Waals surface area contributed by atoms with Crippen molar-refractivity contribution >= 4 is 15.0 Å². The van der Waals surface area contributed by atoms with Crippen molar-refractivity contribution in [3.8, 4) is 23.0 Å². The zero-order valence-corrected chi connectivity index (χ0v) is 15.2. The van der Waals surface area contributed by atoms with Crippen LogP contribution in [-0.2, 0) is 0 Å². The molecule has 0 fully saturated rings. The quantitative estimate of drug-likeness (QED) is 0.465. The molecule has 4 nitrogen and oxygen atoms in total. The zero-order valence-electron chi connectivity index (χ0n) is 13.5. The van der Waals surface area contributed by atoms with Crippen molar-refractivity contribution in [1.29, 1.82) is 0 Å². The van der Waals surface area contributed by atoms with E-state index in [2.05, 4.69) is 0 Å². The number of methoxy groups -OCH3 is 2. The van der Waals surface area contributed by atoms with E-state index in [1.165, 1.54) is 0 Å². The van der Waals surface area contributed by atoms with E-state index in [1.807, 2.05) is 48.5 Å². The molecule has 0 amide bonds. The Kier molecular flexibility index (Phi) is 7.64. The van der Waals surface area contributed by atoms with Gasteiger partial charge in [-0.05, 0) is 0 Å². The van der Waals surface area contributed by atoms with E-state index in [-0.39, 0.29) is 0 Å². The Morgan fingerprint density at radius 3 is 1.30 bits per heavy atom. The first kappa shape index (κ1) is 17.5. The number of hydrogen-bond donors (Lipinski definition) is 0. The molecule has 2 aromatic carbocycles. The van der Waals surface area contributed by atoms with Crippen LogP contribution < -0.4 is 18.9 Å². The fourth-order valence-corrected chi connectivity index (χ4v) is 3.16. The molecule has 2 aromatic rings. The second kappa shape index (κ2) is 10.0. The second-order valence-electron chi connectivity index (χ2n) is 4.66. The first-order chi connectivity index (χ1) is 11.3. The zero-order chi connectivity index (χ0) is 16.3. The van der Waals surface area contributed by atoms with Gasteiger partial charge in [-0.25, -0.2) is 0 Å². The summed E-state index contributed by atoms with van der Waals surface area (Å²) in [4.78, 5) is 0. The van der Waals surface area contributed by atoms with Gasteiger partial charge in [0.1, 0.15) is 0 Å². The van der Waals surface area contributed by atoms with Crippen LogP contribution in [0.4, 0.5) is 0 Å². The van der Waals surface area contributed by atoms with E-state index in [4.69, 9.17) is 18.9 Å². The van der Waals surface area contributed by atoms with Crippen LogP contribution in [0.3, 0.4) is 0 Å². The number of benzene rings is 2. The molecular weight excluding hydrogens is 359 g/mol. The summed E-state index contributed by atoms with van der Waals surface area (Å²) in [5, 5.41) is 2.15. The second-order valence-corrected chi connectivity index (χ2v) is 7.23. The van der Waals surface area contributed by atoms with Gasteiger partial charge < -0.3 is 0 Å². The van der Waals surface area contributed by atoms with Crippen LogP contribution in [0, 0.1) is 0 Å². The van der Waals surface area contributed by atoms with Crippen LogP contribution in [-0.4, -0.2) is 42.4 Å². The SMILES string of the molecule is COc1ccc(OCC[Se]CCOc2ccc(OC)cc2)cc1. The summed E-state index contributed by atoms with van der Waals surface area (Å²) in [6.07, 6.45) is 0. The molecule has 0 heterocycles. The van der Waals surface area contributed by atoms with E-state index >= 15 is 0 Å². The van der Waals surface area contributed by atoms with Gasteiger partial charge in [-0.2, -0.15) is 0 Å². The van der Waals surface area contributed by atoms with Crippen molar-refractivity contribution < 1.29 is 18.9 Å². The van der Waals surface area contributed by atoms with Crippen molar-refractivity contribution in [1.82, 2.24) is 0 Å². The number of hydrogen-bond acceptors (Lipinski definition) is 4. The molecule has 5 heteroatoms. The molecule has 0 bridgehead atoms. The molecule has 0 atom stereocenters. The normalized spacial score (nSPS) is 10.2. The summed E-state index contributed by atoms with van der Waals surface area (Å²) in [5.74, 6) is 3.46. The average molecular weight is 381 g/mol. The summed E-state index contributed by atoms with van der Waals surface area (Å²) in [6, 6.07) is 15.3. The standard InChI is InChI=1S/C18H22O4Se/c1-19-15-3-7-17(8-4-15)21-11-13-23-14-12-22-18-9-5-16(20-2)6-10-18/h3-10H,11-14H2,1-2H3. The summed E-state index contributed by atoms with van der Waals surface area (Å²) in [6.45, 7) is 1.49. The maximum atomic E-state index is 5.70. The molecule has 0 N–H and O–H groups in total. The third kappa shape index (κ3) is 6.43. The molecule has 0 saturated carbocycles. The van der Waals surface area contributed by atoms with Crippen LogP contribution in [0.5, 0.6) is 23.0 Å². The van der Waals surface area contributed by atoms with Crippen LogP contribution >= 0.6 is 0 Å². The summed E-state index contributed by atoms with van der Waals surface area (Å²) in [7, 11) is 3.32. The number of ether oxygens (including phenoxy) is 4. The van der Waals surface area contributed by atoms with Crippen LogP contribution in [0.2, 0.25) is 10.6 Å². The molecule has 0 unspecified atom stereocenters. The Balaban J connectivity index is 1.53. The Morgan fingerprint density at radius 1 is 0.609 bits per heavy atom. The first-order valence-corrected chi connectivity index (χ1v) is 9.85. The van der Waals surface area contributed by atoms with Crippen molar-refractivity contribution in [2.75, 3.05) is 27.4 Å². The monoisotopic (exact) mass is 382 g/mol. The summed E-state index contributed by atoms with van der Waals surface area (Å²) >= 11 is 0.527. The van der Waals surface area contributed by atoms with Crippen molar-refractivity contribution in [2.45, 2.75) is 10.6 Å². The first-order valence-electron chi connectivity index (χ1n) is 7.43. The van der Waals surface area contributed by atoms with Gasteiger partial charge in [-0.15, -0.1) is 0 Å². The van der Waals surface area contributed by atoms with Gasteiger partial charge in [-0.3, -0.25) is 0 Å². The van der Waals surface area contributed by atoms with Gasteiger partial charge in [0.25, 0.3) is 0 Å². The summed E-state index contributed by atoms with van der Waals surface area (Å²) < 4.78 is 21.6. The molecule has 0 spiro atoms. The van der Waals surface area contributed by atoms with Gasteiger partial charge in [0, 0.05) is 0 Å². The van der Waals surface area contributed by atoms with Gasteiger partial charge in [0.15, 0.2) is 0 Å². The molecule has 0 saturated heterocycles. The minimum atomic E-state index is 0.527. The van der Waals surface area contributed by atoms with Crippen LogP contribution in [0.1, 0.15) is 0 Å². The summed E-state index contributed by atoms with van der Waals surface area (Å²) in [5.41, 5.74) is 0. The van der Waals surface area contributed by atoms with E-state index < -0.39 is 0 Å². The molecule has 0 radical (unpaired) electrons. The molecule has 0 aromatic heterocycles. The fourth-order valence-electron chi connectivity index (χ4n) is 1.88. The molecule has 2 rings (SSSR count). The van der Waals surface area contributed by atoms with Crippen molar-refractivity contribution in [3.05, 3.63) is 48.5 Å². The maximum absolute atomic E-state index is 5.70. The molecule has 0 aliphatic rings. The Hall–Kier alpha value is -1.84. The van der Waals surface area contributed by atoms with Crippen molar-refractivity contribution in [3.63, 3.8) is 0 Å². The third-order valence-electron chi connectivity index (χ3n) is 3.11. The third-order valence-corrected chi connectivity index (χ3v) is 5.02. The molecule has 0 aliphatic carbocycles. The van der Waals surface area contributed by atoms with E-state index in [0.717, 1.165) is 46.9 Å². The predicted molar refractivity (Wildman–Crippen MR) is 92.3 cm³/mol. The fraction of sp³-hybridized carbons (Fsp3) is 0.333. The molecule has 124 valence electrons. The Labute approximate surface area is 143 Å². The van der Waals surface area contributed by atoms with Crippen molar-refractivity contribution in [2.24, 2.45) is 0 Å². The van der Waals surface area contributed by atoms with E-state index in [1.54, 1.807) is 14.2 Å². The predicted octanol–water partition coefficient (Wildman–Crippen LogP) is 3.70. The number of rotatable bonds is 10. The Bertz CT molecular complexity index is 503. The topological polar surface area (TPSA) is 36.9 Å². The molecule has 23 heavy (non-hydrogen) atoms. The molecule has 0 aliphatic heterocycles. The Morgan fingerprint density at radius 2 is 0.957 bits per heavy atom. The van der Waals surface area contributed by atoms with Crippen LogP contribution in [0.15, 0.2) is 48.5 Å².